The van der Waals surface area contributed by atoms with Crippen molar-refractivity contribution in [2.45, 2.75) is 25.8 Å². The van der Waals surface area contributed by atoms with Crippen molar-refractivity contribution < 1.29 is 9.90 Å². The minimum Gasteiger partial charge on any atom is -0.508 e. The second-order valence-corrected chi connectivity index (χ2v) is 6.28. The van der Waals surface area contributed by atoms with E-state index < -0.39 is 0 Å². The summed E-state index contributed by atoms with van der Waals surface area (Å²) in [5.41, 5.74) is 1.16. The maximum atomic E-state index is 11.7. The molecule has 0 atom stereocenters. The molecule has 4 nitrogen and oxygen atoms in total. The van der Waals surface area contributed by atoms with Gasteiger partial charge >= 0.3 is 0 Å². The molecule has 1 aliphatic carbocycles. The smallest absolute Gasteiger partial charge is 0.137 e. The topological polar surface area (TPSA) is 43.8 Å². The molecule has 0 radical (unpaired) electrons. The Hall–Kier alpha value is -1.39. The van der Waals surface area contributed by atoms with Crippen LogP contribution in [0.4, 0.5) is 0 Å². The van der Waals surface area contributed by atoms with E-state index in [4.69, 9.17) is 0 Å². The van der Waals surface area contributed by atoms with E-state index in [9.17, 15) is 9.90 Å². The largest absolute Gasteiger partial charge is 0.508 e. The fraction of sp³-hybridized carbons (Fsp3) is 0.588. The Morgan fingerprint density at radius 2 is 1.86 bits per heavy atom. The number of carbonyl (C=O) groups excluding carboxylic acids is 1. The molecule has 1 saturated carbocycles. The number of aromatic hydroxyl groups is 1. The maximum absolute atomic E-state index is 11.7. The molecule has 1 N–H and O–H groups in total. The first-order chi connectivity index (χ1) is 10.2. The molecule has 2 fully saturated rings. The molecule has 0 bridgehead atoms. The number of rotatable bonds is 6. The number of piperazine rings is 1. The zero-order chi connectivity index (χ0) is 14.7. The van der Waals surface area contributed by atoms with E-state index in [0.29, 0.717) is 17.5 Å². The first-order valence-corrected chi connectivity index (χ1v) is 7.96. The molecular weight excluding hydrogens is 264 g/mol. The third kappa shape index (κ3) is 4.29. The molecule has 4 heteroatoms. The predicted octanol–water partition coefficient (Wildman–Crippen LogP) is 1.88. The lowest BCUT2D eigenvalue weighted by atomic mass is 10.1. The minimum atomic E-state index is 0.338. The molecule has 0 unspecified atom stereocenters. The lowest BCUT2D eigenvalue weighted by molar-refractivity contribution is -0.120. The number of hydrogen-bond donors (Lipinski definition) is 1. The monoisotopic (exact) mass is 288 g/mol. The van der Waals surface area contributed by atoms with E-state index in [-0.39, 0.29) is 0 Å². The standard InChI is InChI=1S/C17H24N2O2/c20-16-3-1-2-14(12-16)13-19-10-8-18(9-11-19)7-6-17(21)15-4-5-15/h1-3,12,15,20H,4-11,13H2. The van der Waals surface area contributed by atoms with Crippen LogP contribution in [0.3, 0.4) is 0 Å². The van der Waals surface area contributed by atoms with Crippen LogP contribution in [0.15, 0.2) is 24.3 Å². The van der Waals surface area contributed by atoms with E-state index in [1.54, 1.807) is 6.07 Å². The molecule has 1 aliphatic heterocycles. The van der Waals surface area contributed by atoms with Gasteiger partial charge in [-0.3, -0.25) is 9.69 Å². The molecular formula is C17H24N2O2. The molecule has 21 heavy (non-hydrogen) atoms. The zero-order valence-electron chi connectivity index (χ0n) is 12.5. The van der Waals surface area contributed by atoms with Crippen molar-refractivity contribution in [2.75, 3.05) is 32.7 Å². The van der Waals surface area contributed by atoms with Gasteiger partial charge in [0.25, 0.3) is 0 Å². The summed E-state index contributed by atoms with van der Waals surface area (Å²) in [5.74, 6) is 1.21. The molecule has 1 aromatic carbocycles. The Balaban J connectivity index is 1.39. The third-order valence-electron chi connectivity index (χ3n) is 4.49. The third-order valence-corrected chi connectivity index (χ3v) is 4.49. The number of carbonyl (C=O) groups is 1. The number of Topliss-reactive ketones (excluding diaryl/α,β-unsaturated/α-hetero) is 1. The molecule has 1 aromatic rings. The van der Waals surface area contributed by atoms with Crippen molar-refractivity contribution in [3.63, 3.8) is 0 Å². The first kappa shape index (κ1) is 14.5. The second kappa shape index (κ2) is 6.58. The van der Waals surface area contributed by atoms with Gasteiger partial charge in [-0.2, -0.15) is 0 Å². The van der Waals surface area contributed by atoms with Crippen LogP contribution in [-0.4, -0.2) is 53.4 Å². The summed E-state index contributed by atoms with van der Waals surface area (Å²) in [4.78, 5) is 16.5. The highest BCUT2D eigenvalue weighted by Gasteiger charge is 2.29. The van der Waals surface area contributed by atoms with E-state index in [1.807, 2.05) is 12.1 Å². The maximum Gasteiger partial charge on any atom is 0.137 e. The Morgan fingerprint density at radius 1 is 1.14 bits per heavy atom. The molecule has 0 aromatic heterocycles. The fourth-order valence-corrected chi connectivity index (χ4v) is 2.96. The number of nitrogens with zero attached hydrogens (tertiary/aromatic N) is 2. The van der Waals surface area contributed by atoms with Gasteiger partial charge in [-0.15, -0.1) is 0 Å². The van der Waals surface area contributed by atoms with Crippen LogP contribution in [-0.2, 0) is 11.3 Å². The van der Waals surface area contributed by atoms with Crippen LogP contribution in [0, 0.1) is 5.92 Å². The summed E-state index contributed by atoms with van der Waals surface area (Å²) in [6, 6.07) is 7.49. The van der Waals surface area contributed by atoms with Gasteiger partial charge in [0.15, 0.2) is 0 Å². The summed E-state index contributed by atoms with van der Waals surface area (Å²) in [5, 5.41) is 9.50. The van der Waals surface area contributed by atoms with E-state index in [0.717, 1.165) is 64.1 Å². The Kier molecular flexibility index (Phi) is 4.56. The lowest BCUT2D eigenvalue weighted by Crippen LogP contribution is -2.46. The zero-order valence-corrected chi connectivity index (χ0v) is 12.5. The van der Waals surface area contributed by atoms with Gasteiger partial charge in [0.05, 0.1) is 0 Å². The number of hydrogen-bond acceptors (Lipinski definition) is 4. The molecule has 1 saturated heterocycles. The highest BCUT2D eigenvalue weighted by molar-refractivity contribution is 5.83. The Labute approximate surface area is 126 Å². The van der Waals surface area contributed by atoms with Crippen molar-refractivity contribution in [3.8, 4) is 5.75 Å². The highest BCUT2D eigenvalue weighted by atomic mass is 16.3. The van der Waals surface area contributed by atoms with E-state index >= 15 is 0 Å². The number of benzene rings is 1. The summed E-state index contributed by atoms with van der Waals surface area (Å²) < 4.78 is 0. The number of ketones is 1. The van der Waals surface area contributed by atoms with E-state index in [2.05, 4.69) is 15.9 Å². The molecule has 0 amide bonds. The highest BCUT2D eigenvalue weighted by Crippen LogP contribution is 2.30. The quantitative estimate of drug-likeness (QED) is 0.868. The molecule has 114 valence electrons. The van der Waals surface area contributed by atoms with Crippen LogP contribution in [0.2, 0.25) is 0 Å². The van der Waals surface area contributed by atoms with Crippen LogP contribution >= 0.6 is 0 Å². The van der Waals surface area contributed by atoms with Crippen LogP contribution in [0.5, 0.6) is 5.75 Å². The van der Waals surface area contributed by atoms with Gasteiger partial charge < -0.3 is 10.0 Å². The molecule has 3 rings (SSSR count). The van der Waals surface area contributed by atoms with Crippen molar-refractivity contribution >= 4 is 5.78 Å². The Morgan fingerprint density at radius 3 is 2.52 bits per heavy atom. The second-order valence-electron chi connectivity index (χ2n) is 6.28. The minimum absolute atomic E-state index is 0.338. The van der Waals surface area contributed by atoms with Crippen molar-refractivity contribution in [1.82, 2.24) is 9.80 Å². The molecule has 2 aliphatic rings. The Bertz CT molecular complexity index is 491. The molecule has 1 heterocycles. The van der Waals surface area contributed by atoms with Gasteiger partial charge in [-0.1, -0.05) is 12.1 Å². The van der Waals surface area contributed by atoms with Crippen molar-refractivity contribution in [3.05, 3.63) is 29.8 Å². The van der Waals surface area contributed by atoms with E-state index in [1.165, 1.54) is 0 Å². The number of phenols is 1. The van der Waals surface area contributed by atoms with Crippen molar-refractivity contribution in [1.29, 1.82) is 0 Å². The normalized spacial score (nSPS) is 20.6. The van der Waals surface area contributed by atoms with Crippen LogP contribution in [0.25, 0.3) is 0 Å². The van der Waals surface area contributed by atoms with Gasteiger partial charge in [0.2, 0.25) is 0 Å². The van der Waals surface area contributed by atoms with Gasteiger partial charge in [-0.25, -0.2) is 0 Å². The van der Waals surface area contributed by atoms with Crippen LogP contribution < -0.4 is 0 Å². The van der Waals surface area contributed by atoms with Gasteiger partial charge in [0.1, 0.15) is 11.5 Å². The SMILES string of the molecule is O=C(CCN1CCN(Cc2cccc(O)c2)CC1)C1CC1. The predicted molar refractivity (Wildman–Crippen MR) is 82.2 cm³/mol. The van der Waals surface area contributed by atoms with Crippen molar-refractivity contribution in [2.24, 2.45) is 5.92 Å². The summed E-state index contributed by atoms with van der Waals surface area (Å²) in [6.45, 7) is 5.96. The van der Waals surface area contributed by atoms with Gasteiger partial charge in [0, 0.05) is 51.6 Å². The number of phenolic OH excluding ortho intramolecular Hbond substituents is 1. The fourth-order valence-electron chi connectivity index (χ4n) is 2.96. The van der Waals surface area contributed by atoms with Crippen LogP contribution in [0.1, 0.15) is 24.8 Å². The summed E-state index contributed by atoms with van der Waals surface area (Å²) in [7, 11) is 0. The van der Waals surface area contributed by atoms with Gasteiger partial charge in [-0.05, 0) is 30.5 Å². The molecule has 0 spiro atoms. The average molecular weight is 288 g/mol. The summed E-state index contributed by atoms with van der Waals surface area (Å²) in [6.07, 6.45) is 2.98. The lowest BCUT2D eigenvalue weighted by Gasteiger charge is -2.34. The summed E-state index contributed by atoms with van der Waals surface area (Å²) >= 11 is 0. The average Bonchev–Trinajstić information content (AvgIpc) is 3.31. The first-order valence-electron chi connectivity index (χ1n) is 7.96.